The molecule has 0 aromatic heterocycles. The normalized spacial score (nSPS) is 25.6. The van der Waals surface area contributed by atoms with Gasteiger partial charge >= 0.3 is 5.97 Å². The summed E-state index contributed by atoms with van der Waals surface area (Å²) in [4.78, 5) is 11.2. The van der Waals surface area contributed by atoms with Crippen molar-refractivity contribution in [1.82, 2.24) is 0 Å². The first kappa shape index (κ1) is 8.10. The zero-order chi connectivity index (χ0) is 9.26. The summed E-state index contributed by atoms with van der Waals surface area (Å²) < 4.78 is 9.94. The standard InChI is InChI=1S/C10H10O3/c1-12-8-3-2-7-6-13-10(11)9(7)5-4-8/h2-5,9H,6H2,1H3/t9-/m0/s1. The van der Waals surface area contributed by atoms with Gasteiger partial charge in [-0.1, -0.05) is 12.2 Å². The molecule has 0 radical (unpaired) electrons. The average molecular weight is 178 g/mol. The molecule has 1 atom stereocenters. The molecule has 1 saturated heterocycles. The van der Waals surface area contributed by atoms with Crippen LogP contribution in [-0.2, 0) is 14.3 Å². The van der Waals surface area contributed by atoms with Gasteiger partial charge in [-0.25, -0.2) is 0 Å². The highest BCUT2D eigenvalue weighted by atomic mass is 16.5. The second-order valence-corrected chi connectivity index (χ2v) is 2.96. The summed E-state index contributed by atoms with van der Waals surface area (Å²) >= 11 is 0. The van der Waals surface area contributed by atoms with Crippen LogP contribution in [0.4, 0.5) is 0 Å². The quantitative estimate of drug-likeness (QED) is 0.566. The second-order valence-electron chi connectivity index (χ2n) is 2.96. The van der Waals surface area contributed by atoms with Crippen molar-refractivity contribution in [2.75, 3.05) is 13.7 Å². The number of carbonyl (C=O) groups excluding carboxylic acids is 1. The number of methoxy groups -OCH3 is 1. The minimum atomic E-state index is -0.205. The van der Waals surface area contributed by atoms with Crippen LogP contribution in [0.1, 0.15) is 0 Å². The highest BCUT2D eigenvalue weighted by Gasteiger charge is 2.29. The lowest BCUT2D eigenvalue weighted by molar-refractivity contribution is -0.140. The number of fused-ring (bicyclic) bond motifs is 1. The maximum absolute atomic E-state index is 11.2. The van der Waals surface area contributed by atoms with Crippen LogP contribution in [0.2, 0.25) is 0 Å². The molecule has 0 bridgehead atoms. The number of ether oxygens (including phenoxy) is 2. The third kappa shape index (κ3) is 1.37. The van der Waals surface area contributed by atoms with Crippen molar-refractivity contribution in [3.05, 3.63) is 35.6 Å². The number of rotatable bonds is 1. The first-order valence-corrected chi connectivity index (χ1v) is 4.11. The Morgan fingerprint density at radius 3 is 3.15 bits per heavy atom. The SMILES string of the molecule is COC1=CC=C2COC(=O)[C@H]2C=C1. The molecule has 0 aromatic carbocycles. The number of cyclic esters (lactones) is 1. The van der Waals surface area contributed by atoms with Crippen LogP contribution in [0, 0.1) is 5.92 Å². The van der Waals surface area contributed by atoms with Gasteiger partial charge in [0.15, 0.2) is 0 Å². The molecule has 1 aliphatic carbocycles. The molecular weight excluding hydrogens is 168 g/mol. The molecule has 0 amide bonds. The van der Waals surface area contributed by atoms with Crippen molar-refractivity contribution in [1.29, 1.82) is 0 Å². The maximum Gasteiger partial charge on any atom is 0.317 e. The Kier molecular flexibility index (Phi) is 1.93. The van der Waals surface area contributed by atoms with Gasteiger partial charge < -0.3 is 9.47 Å². The van der Waals surface area contributed by atoms with Crippen molar-refractivity contribution in [3.8, 4) is 0 Å². The maximum atomic E-state index is 11.2. The van der Waals surface area contributed by atoms with Gasteiger partial charge in [-0.05, 0) is 17.7 Å². The lowest BCUT2D eigenvalue weighted by atomic mass is 10.0. The Morgan fingerprint density at radius 2 is 2.38 bits per heavy atom. The second kappa shape index (κ2) is 3.09. The largest absolute Gasteiger partial charge is 0.497 e. The summed E-state index contributed by atoms with van der Waals surface area (Å²) in [6.45, 7) is 0.404. The molecule has 0 unspecified atom stereocenters. The molecule has 1 heterocycles. The summed E-state index contributed by atoms with van der Waals surface area (Å²) in [5.74, 6) is 0.381. The number of carbonyl (C=O) groups is 1. The molecular formula is C10H10O3. The van der Waals surface area contributed by atoms with E-state index in [0.29, 0.717) is 6.61 Å². The van der Waals surface area contributed by atoms with E-state index < -0.39 is 0 Å². The van der Waals surface area contributed by atoms with Crippen molar-refractivity contribution < 1.29 is 14.3 Å². The van der Waals surface area contributed by atoms with E-state index in [1.165, 1.54) is 0 Å². The van der Waals surface area contributed by atoms with Gasteiger partial charge in [0.1, 0.15) is 12.4 Å². The van der Waals surface area contributed by atoms with Crippen LogP contribution in [-0.4, -0.2) is 19.7 Å². The van der Waals surface area contributed by atoms with Crippen LogP contribution in [0.5, 0.6) is 0 Å². The summed E-state index contributed by atoms with van der Waals surface area (Å²) in [5.41, 5.74) is 0.994. The van der Waals surface area contributed by atoms with E-state index in [-0.39, 0.29) is 11.9 Å². The summed E-state index contributed by atoms with van der Waals surface area (Å²) in [7, 11) is 1.61. The monoisotopic (exact) mass is 178 g/mol. The fourth-order valence-electron chi connectivity index (χ4n) is 1.41. The first-order chi connectivity index (χ1) is 6.31. The Hall–Kier alpha value is -1.51. The highest BCUT2D eigenvalue weighted by Crippen LogP contribution is 2.25. The molecule has 3 nitrogen and oxygen atoms in total. The molecule has 1 aliphatic heterocycles. The summed E-state index contributed by atoms with van der Waals surface area (Å²) in [6, 6.07) is 0. The van der Waals surface area contributed by atoms with Crippen LogP contribution in [0.15, 0.2) is 35.6 Å². The van der Waals surface area contributed by atoms with Gasteiger partial charge in [0, 0.05) is 0 Å². The minimum absolute atomic E-state index is 0.173. The van der Waals surface area contributed by atoms with Gasteiger partial charge in [-0.3, -0.25) is 4.79 Å². The predicted octanol–water partition coefficient (Wildman–Crippen LogP) is 1.19. The fraction of sp³-hybridized carbons (Fsp3) is 0.300. The van der Waals surface area contributed by atoms with Crippen molar-refractivity contribution in [3.63, 3.8) is 0 Å². The van der Waals surface area contributed by atoms with E-state index >= 15 is 0 Å². The van der Waals surface area contributed by atoms with Gasteiger partial charge in [0.25, 0.3) is 0 Å². The minimum Gasteiger partial charge on any atom is -0.497 e. The third-order valence-electron chi connectivity index (χ3n) is 2.18. The van der Waals surface area contributed by atoms with E-state index in [2.05, 4.69) is 0 Å². The van der Waals surface area contributed by atoms with E-state index in [0.717, 1.165) is 11.3 Å². The van der Waals surface area contributed by atoms with E-state index in [1.807, 2.05) is 18.2 Å². The number of hydrogen-bond acceptors (Lipinski definition) is 3. The summed E-state index contributed by atoms with van der Waals surface area (Å²) in [6.07, 6.45) is 7.33. The highest BCUT2D eigenvalue weighted by molar-refractivity contribution is 5.81. The van der Waals surface area contributed by atoms with Crippen molar-refractivity contribution >= 4 is 5.97 Å². The third-order valence-corrected chi connectivity index (χ3v) is 2.18. The zero-order valence-electron chi connectivity index (χ0n) is 7.32. The summed E-state index contributed by atoms with van der Waals surface area (Å²) in [5, 5.41) is 0. The molecule has 3 heteroatoms. The lowest BCUT2D eigenvalue weighted by Crippen LogP contribution is -2.04. The Morgan fingerprint density at radius 1 is 1.54 bits per heavy atom. The molecule has 0 N–H and O–H groups in total. The smallest absolute Gasteiger partial charge is 0.317 e. The Labute approximate surface area is 76.3 Å². The number of hydrogen-bond donors (Lipinski definition) is 0. The molecule has 68 valence electrons. The number of allylic oxidation sites excluding steroid dienone is 3. The van der Waals surface area contributed by atoms with Gasteiger partial charge in [0.2, 0.25) is 0 Å². The Bertz CT molecular complexity index is 323. The van der Waals surface area contributed by atoms with Gasteiger partial charge in [-0.2, -0.15) is 0 Å². The van der Waals surface area contributed by atoms with Crippen LogP contribution in [0.25, 0.3) is 0 Å². The molecule has 0 spiro atoms. The molecule has 13 heavy (non-hydrogen) atoms. The van der Waals surface area contributed by atoms with E-state index in [9.17, 15) is 4.79 Å². The number of esters is 1. The zero-order valence-corrected chi connectivity index (χ0v) is 7.32. The van der Waals surface area contributed by atoms with Gasteiger partial charge in [-0.15, -0.1) is 0 Å². The lowest BCUT2D eigenvalue weighted by Gasteiger charge is -1.97. The van der Waals surface area contributed by atoms with Crippen molar-refractivity contribution in [2.24, 2.45) is 5.92 Å². The first-order valence-electron chi connectivity index (χ1n) is 4.11. The molecule has 0 aromatic rings. The van der Waals surface area contributed by atoms with Crippen LogP contribution >= 0.6 is 0 Å². The Balaban J connectivity index is 2.31. The molecule has 2 aliphatic rings. The average Bonchev–Trinajstić information content (AvgIpc) is 2.38. The predicted molar refractivity (Wildman–Crippen MR) is 46.8 cm³/mol. The molecule has 0 saturated carbocycles. The van der Waals surface area contributed by atoms with Crippen molar-refractivity contribution in [2.45, 2.75) is 0 Å². The van der Waals surface area contributed by atoms with Gasteiger partial charge in [0.05, 0.1) is 13.0 Å². The molecule has 2 rings (SSSR count). The van der Waals surface area contributed by atoms with Crippen LogP contribution < -0.4 is 0 Å². The topological polar surface area (TPSA) is 35.5 Å². The van der Waals surface area contributed by atoms with Crippen LogP contribution in [0.3, 0.4) is 0 Å². The van der Waals surface area contributed by atoms with E-state index in [4.69, 9.17) is 9.47 Å². The fourth-order valence-corrected chi connectivity index (χ4v) is 1.41. The molecule has 1 fully saturated rings. The van der Waals surface area contributed by atoms with E-state index in [1.54, 1.807) is 13.2 Å².